The number of fused-ring (bicyclic) bond motifs is 1. The fourth-order valence-electron chi connectivity index (χ4n) is 4.03. The van der Waals surface area contributed by atoms with Crippen molar-refractivity contribution in [2.45, 2.75) is 44.3 Å². The Labute approximate surface area is 187 Å². The fourth-order valence-corrected chi connectivity index (χ4v) is 4.42. The predicted molar refractivity (Wildman–Crippen MR) is 127 cm³/mol. The summed E-state index contributed by atoms with van der Waals surface area (Å²) in [7, 11) is 4.03. The SMILES string of the molecule is CN(C)c1nc(NC2CCC(NCc3cccc(Cl)c3Cl)CC2)nc2ccccc12. The molecule has 0 saturated heterocycles. The van der Waals surface area contributed by atoms with Gasteiger partial charge in [-0.3, -0.25) is 0 Å². The summed E-state index contributed by atoms with van der Waals surface area (Å²) in [6, 6.07) is 14.8. The highest BCUT2D eigenvalue weighted by atomic mass is 35.5. The fraction of sp³-hybridized carbons (Fsp3) is 0.391. The maximum absolute atomic E-state index is 6.30. The second kappa shape index (κ2) is 9.38. The molecule has 1 aromatic heterocycles. The van der Waals surface area contributed by atoms with Gasteiger partial charge in [-0.2, -0.15) is 4.98 Å². The van der Waals surface area contributed by atoms with Crippen molar-refractivity contribution in [2.75, 3.05) is 24.3 Å². The zero-order valence-electron chi connectivity index (χ0n) is 17.3. The Morgan fingerprint density at radius 2 is 1.67 bits per heavy atom. The number of rotatable bonds is 6. The molecule has 3 aromatic rings. The largest absolute Gasteiger partial charge is 0.362 e. The van der Waals surface area contributed by atoms with E-state index >= 15 is 0 Å². The van der Waals surface area contributed by atoms with Crippen LogP contribution < -0.4 is 15.5 Å². The second-order valence-electron chi connectivity index (χ2n) is 8.07. The molecule has 30 heavy (non-hydrogen) atoms. The van der Waals surface area contributed by atoms with E-state index in [0.29, 0.717) is 28.1 Å². The minimum atomic E-state index is 0.383. The van der Waals surface area contributed by atoms with Crippen molar-refractivity contribution in [3.05, 3.63) is 58.1 Å². The van der Waals surface area contributed by atoms with Gasteiger partial charge in [0.15, 0.2) is 0 Å². The van der Waals surface area contributed by atoms with E-state index in [1.54, 1.807) is 0 Å². The lowest BCUT2D eigenvalue weighted by Gasteiger charge is -2.30. The molecule has 2 N–H and O–H groups in total. The third-order valence-electron chi connectivity index (χ3n) is 5.68. The van der Waals surface area contributed by atoms with Crippen LogP contribution in [-0.4, -0.2) is 36.1 Å². The number of hydrogen-bond donors (Lipinski definition) is 2. The molecule has 5 nitrogen and oxygen atoms in total. The maximum Gasteiger partial charge on any atom is 0.225 e. The summed E-state index contributed by atoms with van der Waals surface area (Å²) in [4.78, 5) is 11.5. The Morgan fingerprint density at radius 3 is 2.43 bits per heavy atom. The van der Waals surface area contributed by atoms with Crippen molar-refractivity contribution in [3.63, 3.8) is 0 Å². The van der Waals surface area contributed by atoms with Gasteiger partial charge >= 0.3 is 0 Å². The molecule has 0 atom stereocenters. The van der Waals surface area contributed by atoms with Crippen LogP contribution in [0.4, 0.5) is 11.8 Å². The average molecular weight is 444 g/mol. The number of hydrogen-bond acceptors (Lipinski definition) is 5. The zero-order chi connectivity index (χ0) is 21.1. The molecule has 4 rings (SSSR count). The highest BCUT2D eigenvalue weighted by Crippen LogP contribution is 2.28. The van der Waals surface area contributed by atoms with Crippen LogP contribution in [0.5, 0.6) is 0 Å². The Hall–Kier alpha value is -2.08. The highest BCUT2D eigenvalue weighted by Gasteiger charge is 2.22. The van der Waals surface area contributed by atoms with Gasteiger partial charge in [0.2, 0.25) is 5.95 Å². The van der Waals surface area contributed by atoms with E-state index in [1.807, 2.05) is 55.4 Å². The number of nitrogens with zero attached hydrogens (tertiary/aromatic N) is 3. The molecule has 0 bridgehead atoms. The normalized spacial score (nSPS) is 19.1. The molecular formula is C23H27Cl2N5. The number of para-hydroxylation sites is 1. The molecule has 1 aliphatic carbocycles. The van der Waals surface area contributed by atoms with Crippen LogP contribution in [0.3, 0.4) is 0 Å². The van der Waals surface area contributed by atoms with Crippen molar-refractivity contribution >= 4 is 45.9 Å². The van der Waals surface area contributed by atoms with Gasteiger partial charge < -0.3 is 15.5 Å². The minimum absolute atomic E-state index is 0.383. The Bertz CT molecular complexity index is 1020. The topological polar surface area (TPSA) is 53.1 Å². The van der Waals surface area contributed by atoms with Crippen LogP contribution in [0.25, 0.3) is 10.9 Å². The van der Waals surface area contributed by atoms with E-state index in [1.165, 1.54) is 0 Å². The third kappa shape index (κ3) is 4.80. The van der Waals surface area contributed by atoms with Gasteiger partial charge in [-0.15, -0.1) is 0 Å². The Kier molecular flexibility index (Phi) is 6.61. The van der Waals surface area contributed by atoms with Crippen LogP contribution in [-0.2, 0) is 6.54 Å². The molecule has 0 aliphatic heterocycles. The first-order chi connectivity index (χ1) is 14.5. The number of aromatic nitrogens is 2. The van der Waals surface area contributed by atoms with Crippen molar-refractivity contribution in [1.82, 2.24) is 15.3 Å². The molecule has 0 unspecified atom stereocenters. The first kappa shape index (κ1) is 21.2. The summed E-state index contributed by atoms with van der Waals surface area (Å²) in [5.74, 6) is 1.65. The quantitative estimate of drug-likeness (QED) is 0.525. The van der Waals surface area contributed by atoms with E-state index in [0.717, 1.165) is 54.5 Å². The average Bonchev–Trinajstić information content (AvgIpc) is 2.75. The van der Waals surface area contributed by atoms with E-state index in [2.05, 4.69) is 16.7 Å². The summed E-state index contributed by atoms with van der Waals surface area (Å²) in [5, 5.41) is 9.52. The summed E-state index contributed by atoms with van der Waals surface area (Å²) in [5.41, 5.74) is 2.01. The molecule has 1 saturated carbocycles. The van der Waals surface area contributed by atoms with Crippen LogP contribution in [0.2, 0.25) is 10.0 Å². The first-order valence-electron chi connectivity index (χ1n) is 10.4. The van der Waals surface area contributed by atoms with E-state index in [4.69, 9.17) is 33.2 Å². The number of halogens is 2. The van der Waals surface area contributed by atoms with Gasteiger partial charge in [0.25, 0.3) is 0 Å². The molecule has 7 heteroatoms. The molecule has 1 fully saturated rings. The summed E-state index contributed by atoms with van der Waals surface area (Å²) >= 11 is 12.4. The predicted octanol–water partition coefficient (Wildman–Crippen LogP) is 5.52. The molecule has 0 amide bonds. The molecule has 1 heterocycles. The van der Waals surface area contributed by atoms with Crippen LogP contribution in [0.1, 0.15) is 31.2 Å². The van der Waals surface area contributed by atoms with Gasteiger partial charge in [0, 0.05) is 38.1 Å². The van der Waals surface area contributed by atoms with E-state index in [-0.39, 0.29) is 0 Å². The summed E-state index contributed by atoms with van der Waals surface area (Å²) in [6.45, 7) is 0.738. The zero-order valence-corrected chi connectivity index (χ0v) is 18.8. The summed E-state index contributed by atoms with van der Waals surface area (Å²) in [6.07, 6.45) is 4.36. The standard InChI is InChI=1S/C23H27Cl2N5/c1-30(2)22-18-7-3-4-9-20(18)28-23(29-22)27-17-12-10-16(11-13-17)26-14-15-6-5-8-19(24)21(15)25/h3-9,16-17,26H,10-14H2,1-2H3,(H,27,28,29). The van der Waals surface area contributed by atoms with Crippen LogP contribution in [0.15, 0.2) is 42.5 Å². The second-order valence-corrected chi connectivity index (χ2v) is 8.85. The van der Waals surface area contributed by atoms with Gasteiger partial charge in [0.05, 0.1) is 15.6 Å². The Morgan fingerprint density at radius 1 is 0.933 bits per heavy atom. The van der Waals surface area contributed by atoms with E-state index in [9.17, 15) is 0 Å². The number of nitrogens with one attached hydrogen (secondary N) is 2. The molecule has 158 valence electrons. The molecule has 2 aromatic carbocycles. The van der Waals surface area contributed by atoms with Crippen molar-refractivity contribution in [1.29, 1.82) is 0 Å². The summed E-state index contributed by atoms with van der Waals surface area (Å²) < 4.78 is 0. The smallest absolute Gasteiger partial charge is 0.225 e. The monoisotopic (exact) mass is 443 g/mol. The minimum Gasteiger partial charge on any atom is -0.362 e. The molecule has 0 spiro atoms. The molecular weight excluding hydrogens is 417 g/mol. The molecule has 0 radical (unpaired) electrons. The third-order valence-corrected chi connectivity index (χ3v) is 6.54. The lowest BCUT2D eigenvalue weighted by atomic mass is 9.91. The number of anilines is 2. The van der Waals surface area contributed by atoms with Crippen molar-refractivity contribution in [2.24, 2.45) is 0 Å². The lowest BCUT2D eigenvalue weighted by Crippen LogP contribution is -2.37. The maximum atomic E-state index is 6.30. The van der Waals surface area contributed by atoms with Gasteiger partial charge in [-0.1, -0.05) is 47.5 Å². The van der Waals surface area contributed by atoms with Gasteiger partial charge in [-0.25, -0.2) is 4.98 Å². The lowest BCUT2D eigenvalue weighted by molar-refractivity contribution is 0.352. The number of benzene rings is 2. The van der Waals surface area contributed by atoms with Crippen LogP contribution in [0, 0.1) is 0 Å². The van der Waals surface area contributed by atoms with Crippen molar-refractivity contribution in [3.8, 4) is 0 Å². The Balaban J connectivity index is 1.35. The highest BCUT2D eigenvalue weighted by molar-refractivity contribution is 6.42. The van der Waals surface area contributed by atoms with E-state index < -0.39 is 0 Å². The van der Waals surface area contributed by atoms with Crippen molar-refractivity contribution < 1.29 is 0 Å². The van der Waals surface area contributed by atoms with Gasteiger partial charge in [-0.05, 0) is 49.4 Å². The van der Waals surface area contributed by atoms with Gasteiger partial charge in [0.1, 0.15) is 5.82 Å². The first-order valence-corrected chi connectivity index (χ1v) is 11.1. The van der Waals surface area contributed by atoms with Crippen LogP contribution >= 0.6 is 23.2 Å². The molecule has 1 aliphatic rings.